The van der Waals surface area contributed by atoms with Crippen LogP contribution in [0.5, 0.6) is 11.5 Å². The fraction of sp³-hybridized carbons (Fsp3) is 0.125. The number of Topliss-reactive ketones (excluding diaryl/α,β-unsaturated/α-hetero) is 1. The number of benzene rings is 2. The molecule has 2 aromatic rings. The van der Waals surface area contributed by atoms with E-state index in [1.807, 2.05) is 0 Å². The van der Waals surface area contributed by atoms with Crippen molar-refractivity contribution in [3.05, 3.63) is 57.6 Å². The first-order valence-corrected chi connectivity index (χ1v) is 7.35. The van der Waals surface area contributed by atoms with Gasteiger partial charge in [0.1, 0.15) is 0 Å². The van der Waals surface area contributed by atoms with Gasteiger partial charge in [-0.15, -0.1) is 0 Å². The molecule has 0 amide bonds. The Bertz CT molecular complexity index is 788. The van der Waals surface area contributed by atoms with Gasteiger partial charge in [-0.05, 0) is 36.4 Å². The van der Waals surface area contributed by atoms with Crippen molar-refractivity contribution in [1.29, 1.82) is 0 Å². The van der Waals surface area contributed by atoms with Crippen molar-refractivity contribution >= 4 is 35.0 Å². The van der Waals surface area contributed by atoms with Crippen molar-refractivity contribution in [3.63, 3.8) is 0 Å². The Hall–Kier alpha value is -2.24. The summed E-state index contributed by atoms with van der Waals surface area (Å²) in [6.45, 7) is -0.283. The summed E-state index contributed by atoms with van der Waals surface area (Å²) < 4.78 is 15.4. The smallest absolute Gasteiger partial charge is 0.340 e. The van der Waals surface area contributed by atoms with Gasteiger partial charge < -0.3 is 14.2 Å². The van der Waals surface area contributed by atoms with Gasteiger partial charge in [0, 0.05) is 10.6 Å². The largest absolute Gasteiger partial charge is 0.454 e. The van der Waals surface area contributed by atoms with E-state index in [4.69, 9.17) is 37.4 Å². The first-order chi connectivity index (χ1) is 11.0. The van der Waals surface area contributed by atoms with Gasteiger partial charge in [-0.2, -0.15) is 0 Å². The fourth-order valence-electron chi connectivity index (χ4n) is 2.02. The van der Waals surface area contributed by atoms with Gasteiger partial charge >= 0.3 is 5.97 Å². The molecule has 0 aliphatic carbocycles. The molecule has 0 N–H and O–H groups in total. The lowest BCUT2D eigenvalue weighted by atomic mass is 10.1. The highest BCUT2D eigenvalue weighted by Crippen LogP contribution is 2.32. The molecule has 0 fully saturated rings. The van der Waals surface area contributed by atoms with Crippen LogP contribution < -0.4 is 9.47 Å². The zero-order valence-corrected chi connectivity index (χ0v) is 13.2. The summed E-state index contributed by atoms with van der Waals surface area (Å²) >= 11 is 11.7. The lowest BCUT2D eigenvalue weighted by Crippen LogP contribution is -2.14. The molecule has 0 atom stereocenters. The number of carbonyl (C=O) groups is 2. The number of ketones is 1. The Morgan fingerprint density at radius 1 is 1.04 bits per heavy atom. The Kier molecular flexibility index (Phi) is 4.41. The van der Waals surface area contributed by atoms with Gasteiger partial charge in [-0.3, -0.25) is 4.79 Å². The minimum Gasteiger partial charge on any atom is -0.454 e. The van der Waals surface area contributed by atoms with Gasteiger partial charge in [-0.25, -0.2) is 4.79 Å². The van der Waals surface area contributed by atoms with Crippen LogP contribution in [0.2, 0.25) is 10.0 Å². The molecule has 0 saturated carbocycles. The first-order valence-electron chi connectivity index (χ1n) is 6.59. The van der Waals surface area contributed by atoms with Crippen LogP contribution in [-0.4, -0.2) is 25.2 Å². The van der Waals surface area contributed by atoms with Crippen LogP contribution in [0.3, 0.4) is 0 Å². The Morgan fingerprint density at radius 3 is 2.61 bits per heavy atom. The molecule has 0 bridgehead atoms. The highest BCUT2D eigenvalue weighted by molar-refractivity contribution is 6.36. The summed E-state index contributed by atoms with van der Waals surface area (Å²) in [5.41, 5.74) is 0.513. The predicted octanol–water partition coefficient (Wildman–Crippen LogP) is 3.76. The topological polar surface area (TPSA) is 61.8 Å². The second kappa shape index (κ2) is 6.48. The Balaban J connectivity index is 1.65. The van der Waals surface area contributed by atoms with Crippen LogP contribution in [0.25, 0.3) is 0 Å². The highest BCUT2D eigenvalue weighted by atomic mass is 35.5. The Morgan fingerprint density at radius 2 is 1.83 bits per heavy atom. The quantitative estimate of drug-likeness (QED) is 0.619. The number of ether oxygens (including phenoxy) is 3. The summed E-state index contributed by atoms with van der Waals surface area (Å²) in [6.07, 6.45) is 0. The molecular weight excluding hydrogens is 343 g/mol. The summed E-state index contributed by atoms with van der Waals surface area (Å²) in [6, 6.07) is 9.15. The number of carbonyl (C=O) groups excluding carboxylic acids is 2. The van der Waals surface area contributed by atoms with Gasteiger partial charge in [0.25, 0.3) is 0 Å². The molecule has 1 aliphatic heterocycles. The summed E-state index contributed by atoms with van der Waals surface area (Å²) in [5.74, 6) is 0.0110. The summed E-state index contributed by atoms with van der Waals surface area (Å²) in [4.78, 5) is 24.0. The third-order valence-corrected chi connectivity index (χ3v) is 3.73. The van der Waals surface area contributed by atoms with Crippen molar-refractivity contribution in [2.45, 2.75) is 0 Å². The van der Waals surface area contributed by atoms with Crippen LogP contribution in [-0.2, 0) is 4.74 Å². The summed E-state index contributed by atoms with van der Waals surface area (Å²) in [5, 5.41) is 0.570. The number of esters is 1. The maximum atomic E-state index is 12.1. The monoisotopic (exact) mass is 352 g/mol. The molecule has 5 nitrogen and oxygen atoms in total. The van der Waals surface area contributed by atoms with Crippen LogP contribution >= 0.6 is 23.2 Å². The molecule has 3 rings (SSSR count). The van der Waals surface area contributed by atoms with E-state index in [2.05, 4.69) is 0 Å². The average molecular weight is 353 g/mol. The van der Waals surface area contributed by atoms with Crippen molar-refractivity contribution < 1.29 is 23.8 Å². The second-order valence-electron chi connectivity index (χ2n) is 4.69. The van der Waals surface area contributed by atoms with Crippen LogP contribution in [0.1, 0.15) is 20.7 Å². The van der Waals surface area contributed by atoms with E-state index in [0.717, 1.165) is 0 Å². The van der Waals surface area contributed by atoms with E-state index in [-0.39, 0.29) is 23.2 Å². The zero-order chi connectivity index (χ0) is 16.4. The van der Waals surface area contributed by atoms with Crippen LogP contribution in [0, 0.1) is 0 Å². The Labute approximate surface area is 141 Å². The molecule has 2 aromatic carbocycles. The number of halogens is 2. The van der Waals surface area contributed by atoms with Crippen molar-refractivity contribution in [1.82, 2.24) is 0 Å². The molecule has 23 heavy (non-hydrogen) atoms. The van der Waals surface area contributed by atoms with E-state index in [9.17, 15) is 9.59 Å². The van der Waals surface area contributed by atoms with Gasteiger partial charge in [0.05, 0.1) is 10.6 Å². The van der Waals surface area contributed by atoms with E-state index >= 15 is 0 Å². The fourth-order valence-corrected chi connectivity index (χ4v) is 2.50. The maximum Gasteiger partial charge on any atom is 0.340 e. The van der Waals surface area contributed by atoms with E-state index < -0.39 is 12.6 Å². The van der Waals surface area contributed by atoms with Gasteiger partial charge in [0.2, 0.25) is 6.79 Å². The normalized spacial score (nSPS) is 12.1. The van der Waals surface area contributed by atoms with Crippen LogP contribution in [0.15, 0.2) is 36.4 Å². The van der Waals surface area contributed by atoms with E-state index in [1.54, 1.807) is 18.2 Å². The molecule has 0 saturated heterocycles. The molecule has 0 spiro atoms. The third-order valence-electron chi connectivity index (χ3n) is 3.18. The molecule has 0 unspecified atom stereocenters. The number of hydrogen-bond acceptors (Lipinski definition) is 5. The molecule has 0 aromatic heterocycles. The predicted molar refractivity (Wildman–Crippen MR) is 83.6 cm³/mol. The van der Waals surface area contributed by atoms with Crippen molar-refractivity contribution in [2.75, 3.05) is 13.4 Å². The van der Waals surface area contributed by atoms with Crippen LogP contribution in [0.4, 0.5) is 0 Å². The maximum absolute atomic E-state index is 12.1. The molecular formula is C16H10Cl2O5. The second-order valence-corrected chi connectivity index (χ2v) is 5.54. The van der Waals surface area contributed by atoms with Gasteiger partial charge in [-0.1, -0.05) is 23.2 Å². The standard InChI is InChI=1S/C16H10Cl2O5/c17-10-2-3-11(12(18)6-10)16(20)21-7-13(19)9-1-4-14-15(5-9)23-8-22-14/h1-6H,7-8H2. The van der Waals surface area contributed by atoms with E-state index in [0.29, 0.717) is 22.1 Å². The van der Waals surface area contributed by atoms with Crippen molar-refractivity contribution in [2.24, 2.45) is 0 Å². The van der Waals surface area contributed by atoms with Crippen molar-refractivity contribution in [3.8, 4) is 11.5 Å². The average Bonchev–Trinajstić information content (AvgIpc) is 2.99. The van der Waals surface area contributed by atoms with E-state index in [1.165, 1.54) is 18.2 Å². The molecule has 1 heterocycles. The minimum absolute atomic E-state index is 0.122. The van der Waals surface area contributed by atoms with Gasteiger partial charge in [0.15, 0.2) is 23.9 Å². The lowest BCUT2D eigenvalue weighted by Gasteiger charge is -2.06. The molecule has 0 radical (unpaired) electrons. The highest BCUT2D eigenvalue weighted by Gasteiger charge is 2.18. The zero-order valence-electron chi connectivity index (χ0n) is 11.7. The minimum atomic E-state index is -0.694. The third kappa shape index (κ3) is 3.41. The molecule has 1 aliphatic rings. The number of rotatable bonds is 4. The number of hydrogen-bond donors (Lipinski definition) is 0. The molecule has 118 valence electrons. The lowest BCUT2D eigenvalue weighted by molar-refractivity contribution is 0.0475. The molecule has 7 heteroatoms. The number of fused-ring (bicyclic) bond motifs is 1. The SMILES string of the molecule is O=C(COC(=O)c1ccc(Cl)cc1Cl)c1ccc2c(c1)OCO2. The summed E-state index contributed by atoms with van der Waals surface area (Å²) in [7, 11) is 0. The first kappa shape index (κ1) is 15.6.